The highest BCUT2D eigenvalue weighted by atomic mass is 19.4. The highest BCUT2D eigenvalue weighted by Crippen LogP contribution is 2.37. The summed E-state index contributed by atoms with van der Waals surface area (Å²) in [6.07, 6.45) is -1.02. The van der Waals surface area contributed by atoms with E-state index in [1.807, 2.05) is 23.1 Å². The van der Waals surface area contributed by atoms with Crippen molar-refractivity contribution in [3.05, 3.63) is 65.2 Å². The summed E-state index contributed by atoms with van der Waals surface area (Å²) in [7, 11) is 0. The molecule has 2 aromatic carbocycles. The van der Waals surface area contributed by atoms with Crippen molar-refractivity contribution in [2.75, 3.05) is 19.7 Å². The van der Waals surface area contributed by atoms with Crippen molar-refractivity contribution < 1.29 is 27.8 Å². The zero-order chi connectivity index (χ0) is 21.6. The van der Waals surface area contributed by atoms with Crippen molar-refractivity contribution in [3.8, 4) is 5.75 Å². The molecule has 0 bridgehead atoms. The van der Waals surface area contributed by atoms with Crippen LogP contribution in [-0.2, 0) is 23.9 Å². The normalized spacial score (nSPS) is 15.0. The van der Waals surface area contributed by atoms with Gasteiger partial charge in [-0.3, -0.25) is 9.69 Å². The molecule has 1 fully saturated rings. The maximum absolute atomic E-state index is 13.5. The number of unbranched alkanes of at least 4 members (excludes halogenated alkanes) is 2. The zero-order valence-electron chi connectivity index (χ0n) is 16.7. The average molecular weight is 421 g/mol. The molecule has 0 atom stereocenters. The van der Waals surface area contributed by atoms with Crippen LogP contribution in [0.5, 0.6) is 5.75 Å². The van der Waals surface area contributed by atoms with Crippen molar-refractivity contribution >= 4 is 5.97 Å². The summed E-state index contributed by atoms with van der Waals surface area (Å²) < 4.78 is 45.9. The molecule has 162 valence electrons. The fourth-order valence-electron chi connectivity index (χ4n) is 3.57. The van der Waals surface area contributed by atoms with Crippen molar-refractivity contribution in [2.24, 2.45) is 5.92 Å². The molecule has 0 saturated carbocycles. The van der Waals surface area contributed by atoms with Gasteiger partial charge in [0.15, 0.2) is 0 Å². The lowest BCUT2D eigenvalue weighted by Crippen LogP contribution is -2.49. The molecular formula is C23H26F3NO3. The third-order valence-corrected chi connectivity index (χ3v) is 5.27. The molecule has 1 heterocycles. The minimum atomic E-state index is -4.50. The SMILES string of the molecule is O=C(O)C1CN(Cc2ccc(OCCCCCc3ccccc3)c(C(F)(F)F)c2)C1. The highest BCUT2D eigenvalue weighted by molar-refractivity contribution is 5.71. The van der Waals surface area contributed by atoms with Gasteiger partial charge in [0.2, 0.25) is 0 Å². The number of carboxylic acid groups (broad SMARTS) is 1. The molecule has 0 aliphatic carbocycles. The van der Waals surface area contributed by atoms with E-state index >= 15 is 0 Å². The topological polar surface area (TPSA) is 49.8 Å². The molecule has 1 aliphatic heterocycles. The number of halogens is 3. The van der Waals surface area contributed by atoms with E-state index in [0.29, 0.717) is 31.6 Å². The van der Waals surface area contributed by atoms with E-state index in [-0.39, 0.29) is 12.4 Å². The van der Waals surface area contributed by atoms with E-state index in [9.17, 15) is 18.0 Å². The predicted octanol–water partition coefficient (Wildman–Crippen LogP) is 5.01. The molecule has 7 heteroatoms. The van der Waals surface area contributed by atoms with E-state index in [0.717, 1.165) is 25.3 Å². The summed E-state index contributed by atoms with van der Waals surface area (Å²) in [6.45, 7) is 1.26. The second kappa shape index (κ2) is 9.98. The number of carbonyl (C=O) groups is 1. The lowest BCUT2D eigenvalue weighted by molar-refractivity contribution is -0.147. The summed E-state index contributed by atoms with van der Waals surface area (Å²) in [5.74, 6) is -1.45. The van der Waals surface area contributed by atoms with E-state index in [1.165, 1.54) is 11.6 Å². The van der Waals surface area contributed by atoms with Gasteiger partial charge in [-0.2, -0.15) is 13.2 Å². The monoisotopic (exact) mass is 421 g/mol. The summed E-state index contributed by atoms with van der Waals surface area (Å²) in [5.41, 5.74) is 0.978. The summed E-state index contributed by atoms with van der Waals surface area (Å²) in [5, 5.41) is 8.91. The fourth-order valence-corrected chi connectivity index (χ4v) is 3.57. The molecule has 0 radical (unpaired) electrons. The van der Waals surface area contributed by atoms with Crippen LogP contribution in [-0.4, -0.2) is 35.7 Å². The zero-order valence-corrected chi connectivity index (χ0v) is 16.7. The van der Waals surface area contributed by atoms with E-state index in [2.05, 4.69) is 12.1 Å². The smallest absolute Gasteiger partial charge is 0.419 e. The van der Waals surface area contributed by atoms with Crippen molar-refractivity contribution in [1.82, 2.24) is 4.90 Å². The Balaban J connectivity index is 1.48. The molecule has 0 amide bonds. The van der Waals surface area contributed by atoms with Gasteiger partial charge in [-0.25, -0.2) is 0 Å². The number of nitrogens with zero attached hydrogens (tertiary/aromatic N) is 1. The first kappa shape index (κ1) is 22.2. The molecule has 0 unspecified atom stereocenters. The van der Waals surface area contributed by atoms with Crippen LogP contribution in [0.3, 0.4) is 0 Å². The Morgan fingerprint density at radius 2 is 1.77 bits per heavy atom. The lowest BCUT2D eigenvalue weighted by atomic mass is 9.99. The lowest BCUT2D eigenvalue weighted by Gasteiger charge is -2.36. The van der Waals surface area contributed by atoms with Gasteiger partial charge in [-0.05, 0) is 48.9 Å². The molecule has 1 N–H and O–H groups in total. The van der Waals surface area contributed by atoms with Crippen LogP contribution in [0.4, 0.5) is 13.2 Å². The molecule has 0 spiro atoms. The van der Waals surface area contributed by atoms with Gasteiger partial charge in [0.25, 0.3) is 0 Å². The van der Waals surface area contributed by atoms with Crippen molar-refractivity contribution in [3.63, 3.8) is 0 Å². The number of carboxylic acids is 1. The molecule has 2 aromatic rings. The molecule has 4 nitrogen and oxygen atoms in total. The Morgan fingerprint density at radius 1 is 1.03 bits per heavy atom. The van der Waals surface area contributed by atoms with Crippen molar-refractivity contribution in [2.45, 2.75) is 38.4 Å². The molecular weight excluding hydrogens is 395 g/mol. The van der Waals surface area contributed by atoms with Gasteiger partial charge in [0.05, 0.1) is 18.1 Å². The molecule has 0 aromatic heterocycles. The molecule has 1 saturated heterocycles. The first-order valence-electron chi connectivity index (χ1n) is 10.1. The second-order valence-corrected chi connectivity index (χ2v) is 7.70. The van der Waals surface area contributed by atoms with Crippen LogP contribution in [0.1, 0.15) is 36.0 Å². The number of aliphatic carboxylic acids is 1. The van der Waals surface area contributed by atoms with Crippen LogP contribution in [0.25, 0.3) is 0 Å². The van der Waals surface area contributed by atoms with Crippen LogP contribution in [0.15, 0.2) is 48.5 Å². The largest absolute Gasteiger partial charge is 0.493 e. The van der Waals surface area contributed by atoms with Crippen LogP contribution < -0.4 is 4.74 Å². The number of ether oxygens (including phenoxy) is 1. The van der Waals surface area contributed by atoms with E-state index in [4.69, 9.17) is 9.84 Å². The fraction of sp³-hybridized carbons (Fsp3) is 0.435. The number of hydrogen-bond acceptors (Lipinski definition) is 3. The minimum absolute atomic E-state index is 0.152. The Morgan fingerprint density at radius 3 is 2.43 bits per heavy atom. The van der Waals surface area contributed by atoms with Crippen LogP contribution in [0.2, 0.25) is 0 Å². The molecule has 3 rings (SSSR count). The van der Waals surface area contributed by atoms with Gasteiger partial charge >= 0.3 is 12.1 Å². The Labute approximate surface area is 174 Å². The summed E-state index contributed by atoms with van der Waals surface area (Å²) in [6, 6.07) is 14.2. The van der Waals surface area contributed by atoms with E-state index < -0.39 is 23.6 Å². The number of aryl methyl sites for hydroxylation is 1. The van der Waals surface area contributed by atoms with Crippen LogP contribution in [0, 0.1) is 5.92 Å². The van der Waals surface area contributed by atoms with Gasteiger partial charge < -0.3 is 9.84 Å². The second-order valence-electron chi connectivity index (χ2n) is 7.70. The third kappa shape index (κ3) is 6.23. The number of alkyl halides is 3. The van der Waals surface area contributed by atoms with Crippen molar-refractivity contribution in [1.29, 1.82) is 0 Å². The maximum Gasteiger partial charge on any atom is 0.419 e. The molecule has 1 aliphatic rings. The minimum Gasteiger partial charge on any atom is -0.493 e. The number of benzene rings is 2. The van der Waals surface area contributed by atoms with Gasteiger partial charge in [-0.15, -0.1) is 0 Å². The number of rotatable bonds is 10. The quantitative estimate of drug-likeness (QED) is 0.548. The van der Waals surface area contributed by atoms with Gasteiger partial charge in [0.1, 0.15) is 5.75 Å². The van der Waals surface area contributed by atoms with E-state index in [1.54, 1.807) is 6.07 Å². The molecule has 30 heavy (non-hydrogen) atoms. The standard InChI is InChI=1S/C23H26F3NO3/c24-23(25,26)20-13-18(14-27-15-19(16-27)22(28)29)10-11-21(20)30-12-6-2-5-9-17-7-3-1-4-8-17/h1,3-4,7-8,10-11,13,19H,2,5-6,9,12,14-16H2,(H,28,29). The van der Waals surface area contributed by atoms with Crippen LogP contribution >= 0.6 is 0 Å². The van der Waals surface area contributed by atoms with Gasteiger partial charge in [0, 0.05) is 19.6 Å². The number of likely N-dealkylation sites (tertiary alicyclic amines) is 1. The third-order valence-electron chi connectivity index (χ3n) is 5.27. The summed E-state index contributed by atoms with van der Waals surface area (Å²) >= 11 is 0. The average Bonchev–Trinajstić information content (AvgIpc) is 2.67. The maximum atomic E-state index is 13.5. The summed E-state index contributed by atoms with van der Waals surface area (Å²) in [4.78, 5) is 12.7. The Bertz CT molecular complexity index is 833. The first-order valence-corrected chi connectivity index (χ1v) is 10.1. The Hall–Kier alpha value is -2.54. The first-order chi connectivity index (χ1) is 14.3. The Kier molecular flexibility index (Phi) is 7.37. The number of hydrogen-bond donors (Lipinski definition) is 1. The predicted molar refractivity (Wildman–Crippen MR) is 107 cm³/mol. The van der Waals surface area contributed by atoms with Gasteiger partial charge in [-0.1, -0.05) is 36.4 Å². The highest BCUT2D eigenvalue weighted by Gasteiger charge is 2.36.